The van der Waals surface area contributed by atoms with Crippen LogP contribution in [0.1, 0.15) is 5.69 Å². The molecule has 0 saturated heterocycles. The lowest BCUT2D eigenvalue weighted by Gasteiger charge is -2.08. The number of nitrogens with zero attached hydrogens (tertiary/aromatic N) is 5. The fourth-order valence-corrected chi connectivity index (χ4v) is 3.58. The van der Waals surface area contributed by atoms with Gasteiger partial charge in [-0.05, 0) is 42.8 Å². The number of ether oxygens (including phenoxy) is 1. The Hall–Kier alpha value is -4.00. The molecule has 4 aromatic heterocycles. The molecule has 1 aromatic carbocycles. The average Bonchev–Trinajstić information content (AvgIpc) is 3.11. The summed E-state index contributed by atoms with van der Waals surface area (Å²) in [6, 6.07) is 13.2. The summed E-state index contributed by atoms with van der Waals surface area (Å²) in [5, 5.41) is 5.17. The molecule has 0 aliphatic carbocycles. The number of methoxy groups -OCH3 is 1. The predicted molar refractivity (Wildman–Crippen MR) is 111 cm³/mol. The summed E-state index contributed by atoms with van der Waals surface area (Å²) in [6.45, 7) is 1.94. The van der Waals surface area contributed by atoms with Gasteiger partial charge >= 0.3 is 0 Å². The zero-order valence-electron chi connectivity index (χ0n) is 15.9. The van der Waals surface area contributed by atoms with Crippen LogP contribution in [0.3, 0.4) is 0 Å². The molecule has 0 spiro atoms. The minimum Gasteiger partial charge on any atom is -0.497 e. The molecule has 0 unspecified atom stereocenters. The quantitative estimate of drug-likeness (QED) is 0.477. The maximum atomic E-state index is 13.1. The van der Waals surface area contributed by atoms with E-state index in [1.165, 1.54) is 0 Å². The first-order valence-electron chi connectivity index (χ1n) is 9.12. The molecule has 7 heteroatoms. The Kier molecular flexibility index (Phi) is 3.87. The monoisotopic (exact) mass is 383 g/mol. The molecular weight excluding hydrogens is 366 g/mol. The first-order chi connectivity index (χ1) is 14.2. The zero-order chi connectivity index (χ0) is 20.0. The SMILES string of the molecule is COc1ccc(-c2c(C)nn3c2ncc2c(=O)n(-c4ccncc4)ccc23)cc1. The summed E-state index contributed by atoms with van der Waals surface area (Å²) >= 11 is 0. The van der Waals surface area contributed by atoms with E-state index in [1.807, 2.05) is 37.3 Å². The van der Waals surface area contributed by atoms with Crippen molar-refractivity contribution < 1.29 is 4.74 Å². The summed E-state index contributed by atoms with van der Waals surface area (Å²) < 4.78 is 8.57. The lowest BCUT2D eigenvalue weighted by molar-refractivity contribution is 0.415. The zero-order valence-corrected chi connectivity index (χ0v) is 15.9. The van der Waals surface area contributed by atoms with Crippen LogP contribution in [0.15, 0.2) is 72.0 Å². The second-order valence-corrected chi connectivity index (χ2v) is 6.68. The molecule has 142 valence electrons. The Morgan fingerprint density at radius 2 is 1.76 bits per heavy atom. The number of benzene rings is 1. The lowest BCUT2D eigenvalue weighted by atomic mass is 10.1. The third-order valence-corrected chi connectivity index (χ3v) is 5.01. The predicted octanol–water partition coefficient (Wildman–Crippen LogP) is 3.41. The summed E-state index contributed by atoms with van der Waals surface area (Å²) in [7, 11) is 1.64. The molecule has 0 aliphatic rings. The van der Waals surface area contributed by atoms with Crippen LogP contribution >= 0.6 is 0 Å². The second-order valence-electron chi connectivity index (χ2n) is 6.68. The van der Waals surface area contributed by atoms with E-state index in [1.54, 1.807) is 53.1 Å². The minimum absolute atomic E-state index is 0.151. The van der Waals surface area contributed by atoms with Crippen LogP contribution in [0.5, 0.6) is 5.75 Å². The van der Waals surface area contributed by atoms with Crippen molar-refractivity contribution in [1.29, 1.82) is 0 Å². The first kappa shape index (κ1) is 17.1. The minimum atomic E-state index is -0.151. The normalized spacial score (nSPS) is 11.2. The average molecular weight is 383 g/mol. The Morgan fingerprint density at radius 1 is 1.00 bits per heavy atom. The van der Waals surface area contributed by atoms with E-state index in [4.69, 9.17) is 4.74 Å². The fraction of sp³-hybridized carbons (Fsp3) is 0.0909. The molecule has 7 nitrogen and oxygen atoms in total. The molecule has 0 atom stereocenters. The first-order valence-corrected chi connectivity index (χ1v) is 9.12. The number of fused-ring (bicyclic) bond motifs is 3. The Bertz CT molecular complexity index is 1400. The highest BCUT2D eigenvalue weighted by Gasteiger charge is 2.16. The van der Waals surface area contributed by atoms with Gasteiger partial charge in [0.1, 0.15) is 5.75 Å². The lowest BCUT2D eigenvalue weighted by Crippen LogP contribution is -2.18. The fourth-order valence-electron chi connectivity index (χ4n) is 3.58. The number of hydrogen-bond donors (Lipinski definition) is 0. The van der Waals surface area contributed by atoms with Crippen molar-refractivity contribution in [2.45, 2.75) is 6.92 Å². The van der Waals surface area contributed by atoms with E-state index in [2.05, 4.69) is 15.1 Å². The molecule has 29 heavy (non-hydrogen) atoms. The van der Waals surface area contributed by atoms with E-state index >= 15 is 0 Å². The molecule has 0 radical (unpaired) electrons. The van der Waals surface area contributed by atoms with Gasteiger partial charge in [-0.3, -0.25) is 14.3 Å². The van der Waals surface area contributed by atoms with Gasteiger partial charge in [0, 0.05) is 30.4 Å². The van der Waals surface area contributed by atoms with Crippen LogP contribution in [0, 0.1) is 6.92 Å². The number of pyridine rings is 2. The van der Waals surface area contributed by atoms with Gasteiger partial charge in [0.25, 0.3) is 5.56 Å². The standard InChI is InChI=1S/C22H17N5O2/c1-14-20(15-3-5-17(29-2)6-4-15)21-24-13-18-19(27(21)25-14)9-12-26(22(18)28)16-7-10-23-11-8-16/h3-13H,1-2H3. The molecule has 0 aliphatic heterocycles. The highest BCUT2D eigenvalue weighted by atomic mass is 16.5. The van der Waals surface area contributed by atoms with Crippen LogP contribution in [0.4, 0.5) is 0 Å². The molecule has 4 heterocycles. The number of hydrogen-bond acceptors (Lipinski definition) is 5. The number of aromatic nitrogens is 5. The molecule has 0 bridgehead atoms. The van der Waals surface area contributed by atoms with Gasteiger partial charge in [-0.15, -0.1) is 0 Å². The van der Waals surface area contributed by atoms with Gasteiger partial charge in [0.2, 0.25) is 0 Å². The molecule has 0 saturated carbocycles. The molecule has 5 rings (SSSR count). The van der Waals surface area contributed by atoms with Gasteiger partial charge in [-0.25, -0.2) is 9.50 Å². The van der Waals surface area contributed by atoms with Crippen molar-refractivity contribution in [3.05, 3.63) is 83.3 Å². The van der Waals surface area contributed by atoms with E-state index < -0.39 is 0 Å². The van der Waals surface area contributed by atoms with Gasteiger partial charge in [-0.2, -0.15) is 5.10 Å². The maximum absolute atomic E-state index is 13.1. The van der Waals surface area contributed by atoms with Crippen LogP contribution < -0.4 is 10.3 Å². The van der Waals surface area contributed by atoms with Crippen molar-refractivity contribution >= 4 is 16.6 Å². The topological polar surface area (TPSA) is 74.3 Å². The molecule has 0 fully saturated rings. The summed E-state index contributed by atoms with van der Waals surface area (Å²) in [5.74, 6) is 0.790. The highest BCUT2D eigenvalue weighted by Crippen LogP contribution is 2.29. The van der Waals surface area contributed by atoms with Crippen LogP contribution in [0.25, 0.3) is 33.4 Å². The van der Waals surface area contributed by atoms with Crippen molar-refractivity contribution in [3.63, 3.8) is 0 Å². The Balaban J connectivity index is 1.74. The number of aryl methyl sites for hydroxylation is 1. The van der Waals surface area contributed by atoms with E-state index in [-0.39, 0.29) is 5.56 Å². The Labute approximate surface area is 165 Å². The van der Waals surface area contributed by atoms with Crippen LogP contribution in [-0.2, 0) is 0 Å². The van der Waals surface area contributed by atoms with Gasteiger partial charge in [0.15, 0.2) is 5.65 Å². The Morgan fingerprint density at radius 3 is 2.48 bits per heavy atom. The van der Waals surface area contributed by atoms with Crippen LogP contribution in [-0.4, -0.2) is 31.3 Å². The summed E-state index contributed by atoms with van der Waals surface area (Å²) in [5.41, 5.74) is 4.80. The van der Waals surface area contributed by atoms with Gasteiger partial charge in [-0.1, -0.05) is 12.1 Å². The van der Waals surface area contributed by atoms with E-state index in [0.717, 1.165) is 28.3 Å². The molecule has 0 N–H and O–H groups in total. The van der Waals surface area contributed by atoms with E-state index in [0.29, 0.717) is 16.6 Å². The highest BCUT2D eigenvalue weighted by molar-refractivity contribution is 5.86. The van der Waals surface area contributed by atoms with Gasteiger partial charge < -0.3 is 4.74 Å². The van der Waals surface area contributed by atoms with E-state index in [9.17, 15) is 4.79 Å². The van der Waals surface area contributed by atoms with Crippen molar-refractivity contribution in [3.8, 4) is 22.6 Å². The molecular formula is C22H17N5O2. The molecule has 0 amide bonds. The smallest absolute Gasteiger partial charge is 0.266 e. The van der Waals surface area contributed by atoms with Crippen LogP contribution in [0.2, 0.25) is 0 Å². The molecule has 5 aromatic rings. The maximum Gasteiger partial charge on any atom is 0.266 e. The van der Waals surface area contributed by atoms with Crippen molar-refractivity contribution in [2.24, 2.45) is 0 Å². The number of rotatable bonds is 3. The van der Waals surface area contributed by atoms with Crippen molar-refractivity contribution in [2.75, 3.05) is 7.11 Å². The van der Waals surface area contributed by atoms with Gasteiger partial charge in [0.05, 0.1) is 29.4 Å². The largest absolute Gasteiger partial charge is 0.497 e. The summed E-state index contributed by atoms with van der Waals surface area (Å²) in [4.78, 5) is 21.6. The summed E-state index contributed by atoms with van der Waals surface area (Å²) in [6.07, 6.45) is 6.69. The van der Waals surface area contributed by atoms with Crippen molar-refractivity contribution in [1.82, 2.24) is 24.1 Å². The third kappa shape index (κ3) is 2.67. The third-order valence-electron chi connectivity index (χ3n) is 5.01. The second kappa shape index (κ2) is 6.56.